The zero-order valence-corrected chi connectivity index (χ0v) is 15.1. The number of fused-ring (bicyclic) bond motifs is 4. The number of benzene rings is 2. The third kappa shape index (κ3) is 2.46. The van der Waals surface area contributed by atoms with Crippen molar-refractivity contribution in [2.75, 3.05) is 7.05 Å². The van der Waals surface area contributed by atoms with Crippen LogP contribution in [-0.2, 0) is 16.2 Å². The van der Waals surface area contributed by atoms with Crippen molar-refractivity contribution in [2.45, 2.75) is 31.3 Å². The van der Waals surface area contributed by atoms with Gasteiger partial charge in [-0.1, -0.05) is 30.3 Å². The number of hydrogen-bond donors (Lipinski definition) is 1. The van der Waals surface area contributed by atoms with Crippen molar-refractivity contribution in [3.8, 4) is 5.75 Å². The van der Waals surface area contributed by atoms with Gasteiger partial charge in [-0.25, -0.2) is 0 Å². The van der Waals surface area contributed by atoms with Crippen molar-refractivity contribution < 1.29 is 14.3 Å². The quantitative estimate of drug-likeness (QED) is 0.725. The summed E-state index contributed by atoms with van der Waals surface area (Å²) >= 11 is 0. The Balaban J connectivity index is 1.55. The Morgan fingerprint density at radius 2 is 1.78 bits per heavy atom. The van der Waals surface area contributed by atoms with Gasteiger partial charge in [0.2, 0.25) is 11.8 Å². The predicted molar refractivity (Wildman–Crippen MR) is 102 cm³/mol. The van der Waals surface area contributed by atoms with Crippen LogP contribution >= 0.6 is 0 Å². The van der Waals surface area contributed by atoms with E-state index >= 15 is 0 Å². The molecule has 1 fully saturated rings. The largest absolute Gasteiger partial charge is 0.489 e. The minimum atomic E-state index is -0.258. The molecule has 2 unspecified atom stereocenters. The Kier molecular flexibility index (Phi) is 3.57. The fourth-order valence-electron chi connectivity index (χ4n) is 4.39. The molecule has 1 aromatic heterocycles. The number of ether oxygens (including phenoxy) is 1. The summed E-state index contributed by atoms with van der Waals surface area (Å²) in [5.41, 5.74) is 3.94. The van der Waals surface area contributed by atoms with Crippen LogP contribution in [0.15, 0.2) is 48.5 Å². The topological polar surface area (TPSA) is 62.4 Å². The summed E-state index contributed by atoms with van der Waals surface area (Å²) in [6.45, 7) is 0.491. The van der Waals surface area contributed by atoms with Crippen LogP contribution in [0.2, 0.25) is 0 Å². The number of carbonyl (C=O) groups is 2. The maximum atomic E-state index is 12.8. The standard InChI is InChI=1S/C22H20N2O3/c1-24-21(25)15-8-9-16(22(24)26)20-19(15)17-11-14(7-10-18(17)23-20)27-12-13-5-3-2-4-6-13/h2-7,10-11,15-16,23H,8-9,12H2,1H3. The molecular weight excluding hydrogens is 340 g/mol. The van der Waals surface area contributed by atoms with Crippen molar-refractivity contribution in [3.05, 3.63) is 65.4 Å². The van der Waals surface area contributed by atoms with Crippen molar-refractivity contribution in [3.63, 3.8) is 0 Å². The molecule has 1 saturated heterocycles. The molecule has 2 aromatic carbocycles. The second-order valence-corrected chi connectivity index (χ2v) is 7.35. The second kappa shape index (κ2) is 5.98. The highest BCUT2D eigenvalue weighted by Gasteiger charge is 2.45. The van der Waals surface area contributed by atoms with Gasteiger partial charge < -0.3 is 9.72 Å². The third-order valence-electron chi connectivity index (χ3n) is 5.79. The molecule has 2 bridgehead atoms. The Hall–Kier alpha value is -3.08. The first-order chi connectivity index (χ1) is 13.1. The number of H-pyrrole nitrogens is 1. The number of hydrogen-bond acceptors (Lipinski definition) is 3. The molecule has 2 atom stereocenters. The van der Waals surface area contributed by atoms with Crippen LogP contribution in [-0.4, -0.2) is 28.7 Å². The molecule has 3 heterocycles. The molecule has 6 rings (SSSR count). The summed E-state index contributed by atoms with van der Waals surface area (Å²) < 4.78 is 5.96. The monoisotopic (exact) mass is 360 g/mol. The van der Waals surface area contributed by atoms with E-state index in [9.17, 15) is 9.59 Å². The summed E-state index contributed by atoms with van der Waals surface area (Å²) in [7, 11) is 1.60. The van der Waals surface area contributed by atoms with E-state index in [0.717, 1.165) is 39.9 Å². The minimum Gasteiger partial charge on any atom is -0.489 e. The Labute approximate surface area is 156 Å². The normalized spacial score (nSPS) is 21.4. The average Bonchev–Trinajstić information content (AvgIpc) is 3.02. The Morgan fingerprint density at radius 1 is 1.04 bits per heavy atom. The lowest BCUT2D eigenvalue weighted by molar-refractivity contribution is -0.143. The molecule has 27 heavy (non-hydrogen) atoms. The first-order valence-corrected chi connectivity index (χ1v) is 9.27. The van der Waals surface area contributed by atoms with Gasteiger partial charge in [0.05, 0.1) is 11.8 Å². The average molecular weight is 360 g/mol. The number of amides is 2. The first kappa shape index (κ1) is 16.1. The maximum Gasteiger partial charge on any atom is 0.237 e. The predicted octanol–water partition coefficient (Wildman–Crippen LogP) is 3.71. The van der Waals surface area contributed by atoms with E-state index in [1.807, 2.05) is 48.5 Å². The van der Waals surface area contributed by atoms with Crippen molar-refractivity contribution in [1.82, 2.24) is 9.88 Å². The maximum absolute atomic E-state index is 12.8. The van der Waals surface area contributed by atoms with Crippen LogP contribution in [0.5, 0.6) is 5.75 Å². The van der Waals surface area contributed by atoms with E-state index in [4.69, 9.17) is 4.74 Å². The van der Waals surface area contributed by atoms with Gasteiger partial charge in [-0.2, -0.15) is 0 Å². The lowest BCUT2D eigenvalue weighted by atomic mass is 9.81. The van der Waals surface area contributed by atoms with E-state index in [1.165, 1.54) is 4.90 Å². The van der Waals surface area contributed by atoms with E-state index in [0.29, 0.717) is 13.0 Å². The van der Waals surface area contributed by atoms with Gasteiger partial charge in [-0.05, 0) is 42.2 Å². The summed E-state index contributed by atoms with van der Waals surface area (Å²) in [5.74, 6) is 0.0473. The molecular formula is C22H20N2O3. The molecule has 3 aliphatic rings. The highest BCUT2D eigenvalue weighted by molar-refractivity contribution is 6.07. The zero-order chi connectivity index (χ0) is 18.5. The van der Waals surface area contributed by atoms with Crippen molar-refractivity contribution >= 4 is 22.7 Å². The molecule has 5 nitrogen and oxygen atoms in total. The van der Waals surface area contributed by atoms with Gasteiger partial charge >= 0.3 is 0 Å². The summed E-state index contributed by atoms with van der Waals surface area (Å²) in [5, 5.41) is 0.988. The van der Waals surface area contributed by atoms with Crippen LogP contribution in [0.4, 0.5) is 0 Å². The fourth-order valence-corrected chi connectivity index (χ4v) is 4.39. The van der Waals surface area contributed by atoms with Crippen molar-refractivity contribution in [2.24, 2.45) is 0 Å². The Bertz CT molecular complexity index is 1050. The number of nitrogens with one attached hydrogen (secondary N) is 1. The summed E-state index contributed by atoms with van der Waals surface area (Å²) in [6, 6.07) is 15.9. The molecule has 0 saturated carbocycles. The van der Waals surface area contributed by atoms with Crippen molar-refractivity contribution in [1.29, 1.82) is 0 Å². The number of aromatic amines is 1. The molecule has 3 aromatic rings. The molecule has 5 heteroatoms. The molecule has 1 N–H and O–H groups in total. The van der Waals surface area contributed by atoms with E-state index in [2.05, 4.69) is 4.98 Å². The van der Waals surface area contributed by atoms with E-state index in [1.54, 1.807) is 7.05 Å². The molecule has 1 aliphatic carbocycles. The number of imide groups is 1. The lowest BCUT2D eigenvalue weighted by Crippen LogP contribution is -2.34. The number of likely N-dealkylation sites (N-methyl/N-ethyl adjacent to an activating group) is 1. The van der Waals surface area contributed by atoms with Crippen LogP contribution in [0.25, 0.3) is 10.9 Å². The van der Waals surface area contributed by atoms with Crippen LogP contribution in [0.3, 0.4) is 0 Å². The number of nitrogens with zero attached hydrogens (tertiary/aromatic N) is 1. The van der Waals surface area contributed by atoms with Gasteiger partial charge in [-0.15, -0.1) is 0 Å². The fraction of sp³-hybridized carbons (Fsp3) is 0.273. The summed E-state index contributed by atoms with van der Waals surface area (Å²) in [6.07, 6.45) is 1.44. The van der Waals surface area contributed by atoms with Gasteiger partial charge in [0.25, 0.3) is 0 Å². The molecule has 0 radical (unpaired) electrons. The van der Waals surface area contributed by atoms with Crippen LogP contribution in [0.1, 0.15) is 41.5 Å². The highest BCUT2D eigenvalue weighted by atomic mass is 16.5. The minimum absolute atomic E-state index is 0.0993. The number of rotatable bonds is 3. The zero-order valence-electron chi connectivity index (χ0n) is 15.1. The van der Waals surface area contributed by atoms with Crippen LogP contribution in [0, 0.1) is 0 Å². The number of carbonyl (C=O) groups excluding carboxylic acids is 2. The van der Waals surface area contributed by atoms with E-state index in [-0.39, 0.29) is 23.7 Å². The van der Waals surface area contributed by atoms with Gasteiger partial charge in [0.15, 0.2) is 0 Å². The third-order valence-corrected chi connectivity index (χ3v) is 5.79. The highest BCUT2D eigenvalue weighted by Crippen LogP contribution is 2.47. The first-order valence-electron chi connectivity index (χ1n) is 9.27. The Morgan fingerprint density at radius 3 is 2.59 bits per heavy atom. The van der Waals surface area contributed by atoms with Gasteiger partial charge in [0.1, 0.15) is 12.4 Å². The molecule has 136 valence electrons. The molecule has 0 spiro atoms. The van der Waals surface area contributed by atoms with Gasteiger partial charge in [-0.3, -0.25) is 14.5 Å². The number of aromatic nitrogens is 1. The molecule has 2 aliphatic heterocycles. The van der Waals surface area contributed by atoms with Crippen LogP contribution < -0.4 is 4.74 Å². The van der Waals surface area contributed by atoms with E-state index < -0.39 is 0 Å². The second-order valence-electron chi connectivity index (χ2n) is 7.35. The molecule has 2 amide bonds. The SMILES string of the molecule is CN1C(=O)C2CCC(C1=O)c1c2[nH]c2ccc(OCc3ccccc3)cc12. The smallest absolute Gasteiger partial charge is 0.237 e. The lowest BCUT2D eigenvalue weighted by Gasteiger charge is -2.21. The summed E-state index contributed by atoms with van der Waals surface area (Å²) in [4.78, 5) is 30.1. The van der Waals surface area contributed by atoms with Gasteiger partial charge in [0, 0.05) is 23.6 Å².